The Morgan fingerprint density at radius 1 is 1.41 bits per heavy atom. The molecule has 0 saturated heterocycles. The van der Waals surface area contributed by atoms with E-state index in [-0.39, 0.29) is 23.9 Å². The summed E-state index contributed by atoms with van der Waals surface area (Å²) in [7, 11) is 0. The number of amidine groups is 1. The maximum Gasteiger partial charge on any atom is 0.258 e. The van der Waals surface area contributed by atoms with Crippen LogP contribution >= 0.6 is 0 Å². The van der Waals surface area contributed by atoms with Gasteiger partial charge in [0.25, 0.3) is 5.91 Å². The van der Waals surface area contributed by atoms with E-state index >= 15 is 0 Å². The minimum Gasteiger partial charge on any atom is -0.397 e. The predicted octanol–water partition coefficient (Wildman–Crippen LogP) is 1.79. The molecular weight excluding hydrogens is 413 g/mol. The molecular formula is C22H30FN7O2. The van der Waals surface area contributed by atoms with E-state index in [0.29, 0.717) is 55.1 Å². The average Bonchev–Trinajstić information content (AvgIpc) is 3.17. The zero-order valence-electron chi connectivity index (χ0n) is 18.1. The molecule has 0 saturated carbocycles. The molecule has 0 radical (unpaired) electrons. The number of amides is 1. The molecule has 0 aliphatic carbocycles. The second-order valence-corrected chi connectivity index (χ2v) is 7.31. The third-order valence-corrected chi connectivity index (χ3v) is 4.54. The van der Waals surface area contributed by atoms with Gasteiger partial charge in [-0.15, -0.1) is 0 Å². The number of nitrogens with zero attached hydrogens (tertiary/aromatic N) is 3. The highest BCUT2D eigenvalue weighted by molar-refractivity contribution is 6.17. The fourth-order valence-electron chi connectivity index (χ4n) is 2.77. The van der Waals surface area contributed by atoms with Gasteiger partial charge in [-0.2, -0.15) is 5.10 Å². The number of benzene rings is 1. The highest BCUT2D eigenvalue weighted by Crippen LogP contribution is 2.21. The lowest BCUT2D eigenvalue weighted by atomic mass is 10.2. The monoisotopic (exact) mass is 443 g/mol. The summed E-state index contributed by atoms with van der Waals surface area (Å²) in [5.74, 6) is 0.0488. The second-order valence-electron chi connectivity index (χ2n) is 7.31. The number of nitrogens with one attached hydrogen (secondary N) is 3. The van der Waals surface area contributed by atoms with Gasteiger partial charge in [0.2, 0.25) is 0 Å². The number of hydrazone groups is 1. The number of aliphatic imine (C=N–C) groups is 2. The Balaban J connectivity index is 0.000000303. The number of nitrogen functional groups attached to an aromatic ring is 1. The summed E-state index contributed by atoms with van der Waals surface area (Å²) in [5, 5.41) is 19.7. The summed E-state index contributed by atoms with van der Waals surface area (Å²) in [6, 6.07) is 4.21. The third-order valence-electron chi connectivity index (χ3n) is 4.54. The van der Waals surface area contributed by atoms with E-state index in [0.717, 1.165) is 0 Å². The molecule has 0 bridgehead atoms. The summed E-state index contributed by atoms with van der Waals surface area (Å²) in [4.78, 5) is 20.0. The number of halogens is 1. The molecule has 0 aromatic heterocycles. The summed E-state index contributed by atoms with van der Waals surface area (Å²) in [6.45, 7) is 6.42. The van der Waals surface area contributed by atoms with Crippen molar-refractivity contribution in [3.05, 3.63) is 47.9 Å². The van der Waals surface area contributed by atoms with Crippen molar-refractivity contribution in [1.29, 1.82) is 0 Å². The number of hydrogen-bond donors (Lipinski definition) is 5. The van der Waals surface area contributed by atoms with Gasteiger partial charge in [-0.1, -0.05) is 0 Å². The van der Waals surface area contributed by atoms with E-state index in [9.17, 15) is 14.3 Å². The number of anilines is 1. The van der Waals surface area contributed by atoms with Crippen molar-refractivity contribution in [2.75, 3.05) is 18.8 Å². The molecule has 2 aliphatic heterocycles. The van der Waals surface area contributed by atoms with E-state index in [4.69, 9.17) is 5.73 Å². The van der Waals surface area contributed by atoms with Crippen LogP contribution < -0.4 is 21.8 Å². The first-order chi connectivity index (χ1) is 15.4. The maximum absolute atomic E-state index is 12.4. The third kappa shape index (κ3) is 8.68. The Kier molecular flexibility index (Phi) is 10.1. The summed E-state index contributed by atoms with van der Waals surface area (Å²) >= 11 is 0. The van der Waals surface area contributed by atoms with Crippen molar-refractivity contribution >= 4 is 36.0 Å². The lowest BCUT2D eigenvalue weighted by Crippen LogP contribution is -2.31. The van der Waals surface area contributed by atoms with Crippen molar-refractivity contribution in [1.82, 2.24) is 16.1 Å². The Morgan fingerprint density at radius 2 is 2.22 bits per heavy atom. The Morgan fingerprint density at radius 3 is 2.91 bits per heavy atom. The standard InChI is InChI=1S/C15H23N5O2.C7H7FN2/c1-11-9-14(20-19-11)18-15(22)12-3-2-6-16-7-4-13(21)5-8-17-10-12;1-10-7-4-5(8)2-3-6(7)9/h2-3,6,10-11,13,16,19,21H,4-5,7-9H2,1H3,(H,18,20,22);2-4H,1,9H2/b6-2+,12-3+,17-10?;. The lowest BCUT2D eigenvalue weighted by molar-refractivity contribution is -0.115. The van der Waals surface area contributed by atoms with Gasteiger partial charge in [0.05, 0.1) is 23.1 Å². The van der Waals surface area contributed by atoms with Crippen LogP contribution in [0.2, 0.25) is 0 Å². The minimum atomic E-state index is -0.376. The number of hydrogen-bond acceptors (Lipinski definition) is 8. The second kappa shape index (κ2) is 13.0. The Bertz CT molecular complexity index is 912. The van der Waals surface area contributed by atoms with Crippen LogP contribution in [0.25, 0.3) is 0 Å². The van der Waals surface area contributed by atoms with E-state index in [1.54, 1.807) is 24.6 Å². The number of allylic oxidation sites excluding steroid dienone is 2. The Labute approximate surface area is 187 Å². The van der Waals surface area contributed by atoms with Crippen LogP contribution in [-0.2, 0) is 4.79 Å². The van der Waals surface area contributed by atoms with Crippen LogP contribution in [-0.4, -0.2) is 55.0 Å². The van der Waals surface area contributed by atoms with E-state index in [1.807, 2.05) is 6.92 Å². The van der Waals surface area contributed by atoms with Crippen molar-refractivity contribution < 1.29 is 14.3 Å². The largest absolute Gasteiger partial charge is 0.397 e. The fraction of sp³-hybridized carbons (Fsp3) is 0.364. The molecule has 6 N–H and O–H groups in total. The van der Waals surface area contributed by atoms with Gasteiger partial charge >= 0.3 is 0 Å². The molecule has 32 heavy (non-hydrogen) atoms. The van der Waals surface area contributed by atoms with Crippen LogP contribution in [0.3, 0.4) is 0 Å². The average molecular weight is 444 g/mol. The SMILES string of the molecule is C=Nc1cc(F)ccc1N.CC1CC(NC(=O)/C2=C/C=C/NCCC(O)CCN=C2)=NN1. The van der Waals surface area contributed by atoms with Crippen molar-refractivity contribution in [2.45, 2.75) is 38.3 Å². The highest BCUT2D eigenvalue weighted by Gasteiger charge is 2.17. The number of aliphatic hydroxyl groups excluding tert-OH is 1. The minimum absolute atomic E-state index is 0.236. The molecule has 0 spiro atoms. The number of carbonyl (C=O) groups is 1. The van der Waals surface area contributed by atoms with Crippen LogP contribution in [0.5, 0.6) is 0 Å². The zero-order valence-corrected chi connectivity index (χ0v) is 18.1. The molecule has 1 aromatic rings. The van der Waals surface area contributed by atoms with E-state index < -0.39 is 0 Å². The maximum atomic E-state index is 12.4. The number of aliphatic hydroxyl groups is 1. The molecule has 2 atom stereocenters. The first-order valence-corrected chi connectivity index (χ1v) is 10.3. The van der Waals surface area contributed by atoms with Crippen LogP contribution in [0.1, 0.15) is 26.2 Å². The molecule has 2 aliphatic rings. The Hall–Kier alpha value is -3.53. The fourth-order valence-corrected chi connectivity index (χ4v) is 2.77. The summed E-state index contributed by atoms with van der Waals surface area (Å²) in [6.07, 6.45) is 8.35. The van der Waals surface area contributed by atoms with Gasteiger partial charge in [-0.05, 0) is 57.0 Å². The molecule has 172 valence electrons. The van der Waals surface area contributed by atoms with Gasteiger partial charge in [-0.3, -0.25) is 14.8 Å². The van der Waals surface area contributed by atoms with E-state index in [1.165, 1.54) is 18.2 Å². The first kappa shape index (κ1) is 24.7. The number of rotatable bonds is 2. The molecule has 2 unspecified atom stereocenters. The van der Waals surface area contributed by atoms with Gasteiger partial charge in [0.1, 0.15) is 11.7 Å². The molecule has 1 amide bonds. The first-order valence-electron chi connectivity index (χ1n) is 10.3. The van der Waals surface area contributed by atoms with Crippen LogP contribution in [0, 0.1) is 5.82 Å². The molecule has 2 heterocycles. The van der Waals surface area contributed by atoms with Crippen molar-refractivity contribution in [3.8, 4) is 0 Å². The molecule has 3 rings (SSSR count). The van der Waals surface area contributed by atoms with Gasteiger partial charge in [-0.25, -0.2) is 4.39 Å². The highest BCUT2D eigenvalue weighted by atomic mass is 19.1. The topological polar surface area (TPSA) is 136 Å². The van der Waals surface area contributed by atoms with Gasteiger partial charge in [0, 0.05) is 37.8 Å². The lowest BCUT2D eigenvalue weighted by Gasteiger charge is -2.09. The predicted molar refractivity (Wildman–Crippen MR) is 127 cm³/mol. The quantitative estimate of drug-likeness (QED) is 0.351. The number of nitrogens with two attached hydrogens (primary N) is 1. The summed E-state index contributed by atoms with van der Waals surface area (Å²) in [5.41, 5.74) is 9.59. The summed E-state index contributed by atoms with van der Waals surface area (Å²) < 4.78 is 12.4. The smallest absolute Gasteiger partial charge is 0.258 e. The van der Waals surface area contributed by atoms with Gasteiger partial charge < -0.3 is 26.9 Å². The normalized spacial score (nSPS) is 23.3. The van der Waals surface area contributed by atoms with Gasteiger partial charge in [0.15, 0.2) is 0 Å². The van der Waals surface area contributed by atoms with Crippen LogP contribution in [0.15, 0.2) is 57.2 Å². The van der Waals surface area contributed by atoms with E-state index in [2.05, 4.69) is 37.9 Å². The molecule has 0 fully saturated rings. The molecule has 9 nitrogen and oxygen atoms in total. The zero-order chi connectivity index (χ0) is 23.3. The number of carbonyl (C=O) groups excluding carboxylic acids is 1. The van der Waals surface area contributed by atoms with Crippen LogP contribution in [0.4, 0.5) is 15.8 Å². The van der Waals surface area contributed by atoms with Crippen molar-refractivity contribution in [3.63, 3.8) is 0 Å². The molecule has 1 aromatic carbocycles. The molecule has 10 heteroatoms. The van der Waals surface area contributed by atoms with Crippen molar-refractivity contribution in [2.24, 2.45) is 15.1 Å².